The third-order valence-corrected chi connectivity index (χ3v) is 8.12. The Balaban J connectivity index is 0.000000470. The number of hydrogen-bond acceptors (Lipinski definition) is 0. The minimum Gasteiger partial charge on any atom is -0.0895 e. The molecule has 0 aliphatic rings. The molecule has 0 atom stereocenters. The second-order valence-corrected chi connectivity index (χ2v) is 9.84. The van der Waals surface area contributed by atoms with Crippen LogP contribution >= 0.6 is 0 Å². The van der Waals surface area contributed by atoms with Crippen molar-refractivity contribution in [2.24, 2.45) is 0 Å². The van der Waals surface area contributed by atoms with Crippen LogP contribution in [-0.2, 0) is 0 Å². The fourth-order valence-corrected chi connectivity index (χ4v) is 6.71. The van der Waals surface area contributed by atoms with Crippen molar-refractivity contribution in [2.75, 3.05) is 0 Å². The molecule has 0 aliphatic carbocycles. The van der Waals surface area contributed by atoms with Gasteiger partial charge >= 0.3 is 0 Å². The van der Waals surface area contributed by atoms with Gasteiger partial charge in [0.1, 0.15) is 15.7 Å². The highest BCUT2D eigenvalue weighted by Crippen LogP contribution is 2.47. The van der Waals surface area contributed by atoms with Gasteiger partial charge < -0.3 is 0 Å². The van der Waals surface area contributed by atoms with E-state index in [9.17, 15) is 0 Å². The molecule has 0 nitrogen and oxygen atoms in total. The topological polar surface area (TPSA) is 0 Å². The van der Waals surface area contributed by atoms with Gasteiger partial charge in [-0.25, -0.2) is 0 Å². The minimum absolute atomic E-state index is 0.735. The van der Waals surface area contributed by atoms with E-state index in [-0.39, 0.29) is 0 Å². The first-order valence-corrected chi connectivity index (χ1v) is 15.8. The summed E-state index contributed by atoms with van der Waals surface area (Å²) in [6.07, 6.45) is 0. The average molecular weight is 544 g/mol. The van der Waals surface area contributed by atoms with Gasteiger partial charge in [0.15, 0.2) is 0 Å². The van der Waals surface area contributed by atoms with E-state index in [1.807, 2.05) is 67.5 Å². The Morgan fingerprint density at radius 3 is 0.810 bits per heavy atom. The Morgan fingerprint density at radius 1 is 0.286 bits per heavy atom. The van der Waals surface area contributed by atoms with Crippen molar-refractivity contribution in [2.45, 2.75) is 69.2 Å². The molecule has 0 N–H and O–H groups in total. The number of rotatable bonds is 0. The molecule has 0 bridgehead atoms. The standard InChI is InChI=1S/C32H18B2.4C2H6/c1-15-3-5-17-19-7-9-21-23-11-13-25(33)32-26(34)14-12-24(31(23)32)22-10-8-20(29(19)30(21)22)18-6-4-16(2)27(15)28(17)18;4*1-2/h3-14H,1-2H3;4*1-2H3. The van der Waals surface area contributed by atoms with E-state index in [2.05, 4.69) is 74.5 Å². The Hall–Kier alpha value is -3.77. The fraction of sp³-hybridized carbons (Fsp3) is 0.250. The summed E-state index contributed by atoms with van der Waals surface area (Å²) in [6.45, 7) is 20.4. The van der Waals surface area contributed by atoms with Crippen LogP contribution in [0.5, 0.6) is 0 Å². The van der Waals surface area contributed by atoms with Crippen LogP contribution in [0.2, 0.25) is 0 Å². The summed E-state index contributed by atoms with van der Waals surface area (Å²) in [5.74, 6) is 0. The lowest BCUT2D eigenvalue weighted by atomic mass is 9.77. The maximum Gasteiger partial charge on any atom is 0.114 e. The van der Waals surface area contributed by atoms with E-state index < -0.39 is 0 Å². The van der Waals surface area contributed by atoms with Gasteiger partial charge in [-0.15, -0.1) is 0 Å². The Kier molecular flexibility index (Phi) is 9.37. The summed E-state index contributed by atoms with van der Waals surface area (Å²) < 4.78 is 0. The molecule has 208 valence electrons. The SMILES string of the molecule is CC.CC.CC.CC.[B]c1ccc2c3ccc4c5ccc(C)c6c(C)ccc(c7ccc(c8ccc([B])c1c28)c3c47)c65. The van der Waals surface area contributed by atoms with Crippen molar-refractivity contribution in [1.82, 2.24) is 0 Å². The second-order valence-electron chi connectivity index (χ2n) is 9.84. The van der Waals surface area contributed by atoms with Gasteiger partial charge in [0, 0.05) is 0 Å². The van der Waals surface area contributed by atoms with E-state index in [4.69, 9.17) is 15.7 Å². The zero-order valence-corrected chi connectivity index (χ0v) is 27.1. The van der Waals surface area contributed by atoms with E-state index in [0.29, 0.717) is 0 Å². The van der Waals surface area contributed by atoms with Crippen molar-refractivity contribution in [3.63, 3.8) is 0 Å². The van der Waals surface area contributed by atoms with Crippen LogP contribution in [0, 0.1) is 13.8 Å². The van der Waals surface area contributed by atoms with Crippen LogP contribution in [0.1, 0.15) is 66.5 Å². The van der Waals surface area contributed by atoms with Crippen LogP contribution in [-0.4, -0.2) is 15.7 Å². The first-order valence-electron chi connectivity index (χ1n) is 15.8. The Morgan fingerprint density at radius 2 is 0.500 bits per heavy atom. The molecule has 42 heavy (non-hydrogen) atoms. The summed E-state index contributed by atoms with van der Waals surface area (Å²) in [7, 11) is 12.8. The van der Waals surface area contributed by atoms with Crippen LogP contribution < -0.4 is 10.9 Å². The first-order chi connectivity index (χ1) is 20.5. The highest BCUT2D eigenvalue weighted by molar-refractivity contribution is 6.52. The third-order valence-electron chi connectivity index (χ3n) is 8.12. The van der Waals surface area contributed by atoms with Crippen LogP contribution in [0.25, 0.3) is 75.4 Å². The minimum atomic E-state index is 0.735. The lowest BCUT2D eigenvalue weighted by Crippen LogP contribution is -2.15. The molecule has 0 fully saturated rings. The lowest BCUT2D eigenvalue weighted by Gasteiger charge is -2.21. The lowest BCUT2D eigenvalue weighted by molar-refractivity contribution is 1.48. The molecule has 0 saturated heterocycles. The number of benzene rings is 8. The summed E-state index contributed by atoms with van der Waals surface area (Å²) in [4.78, 5) is 0. The highest BCUT2D eigenvalue weighted by atomic mass is 14.2. The van der Waals surface area contributed by atoms with E-state index in [1.165, 1.54) is 81.1 Å². The maximum absolute atomic E-state index is 6.41. The van der Waals surface area contributed by atoms with Crippen LogP contribution in [0.15, 0.2) is 72.8 Å². The van der Waals surface area contributed by atoms with Gasteiger partial charge in [-0.3, -0.25) is 0 Å². The van der Waals surface area contributed by atoms with Gasteiger partial charge in [-0.05, 0) is 100 Å². The summed E-state index contributed by atoms with van der Waals surface area (Å²) in [5, 5.41) is 17.9. The van der Waals surface area contributed by atoms with Crippen molar-refractivity contribution in [1.29, 1.82) is 0 Å². The summed E-state index contributed by atoms with van der Waals surface area (Å²) in [6, 6.07) is 26.7. The monoisotopic (exact) mass is 544 g/mol. The second kappa shape index (κ2) is 12.6. The van der Waals surface area contributed by atoms with Crippen LogP contribution in [0.4, 0.5) is 0 Å². The first kappa shape index (κ1) is 31.2. The van der Waals surface area contributed by atoms with Gasteiger partial charge in [0.25, 0.3) is 0 Å². The molecule has 0 aromatic heterocycles. The maximum atomic E-state index is 6.41. The average Bonchev–Trinajstić information content (AvgIpc) is 3.05. The normalized spacial score (nSPS) is 10.8. The molecule has 8 rings (SSSR count). The quantitative estimate of drug-likeness (QED) is 0.101. The molecule has 0 amide bonds. The van der Waals surface area contributed by atoms with Gasteiger partial charge in [0.05, 0.1) is 0 Å². The Bertz CT molecular complexity index is 1850. The fourth-order valence-electron chi connectivity index (χ4n) is 6.71. The largest absolute Gasteiger partial charge is 0.114 e. The molecule has 0 aliphatic heterocycles. The van der Waals surface area contributed by atoms with Gasteiger partial charge in [-0.2, -0.15) is 0 Å². The van der Waals surface area contributed by atoms with Crippen molar-refractivity contribution < 1.29 is 0 Å². The molecular weight excluding hydrogens is 502 g/mol. The van der Waals surface area contributed by atoms with E-state index in [1.54, 1.807) is 0 Å². The van der Waals surface area contributed by atoms with Crippen molar-refractivity contribution >= 4 is 102 Å². The number of aryl methyl sites for hydroxylation is 2. The summed E-state index contributed by atoms with van der Waals surface area (Å²) >= 11 is 0. The molecule has 0 saturated carbocycles. The predicted molar refractivity (Wildman–Crippen MR) is 197 cm³/mol. The predicted octanol–water partition coefficient (Wildman–Crippen LogP) is 10.9. The van der Waals surface area contributed by atoms with Crippen molar-refractivity contribution in [3.05, 3.63) is 83.9 Å². The van der Waals surface area contributed by atoms with Gasteiger partial charge in [-0.1, -0.05) is 139 Å². The molecule has 8 aromatic rings. The molecule has 0 unspecified atom stereocenters. The van der Waals surface area contributed by atoms with Crippen molar-refractivity contribution in [3.8, 4) is 0 Å². The zero-order chi connectivity index (χ0) is 30.9. The Labute approximate surface area is 254 Å². The number of fused-ring (bicyclic) bond motifs is 4. The molecule has 0 spiro atoms. The molecular formula is C40H42B2. The number of hydrogen-bond donors (Lipinski definition) is 0. The zero-order valence-electron chi connectivity index (χ0n) is 27.1. The molecule has 2 heteroatoms. The third kappa shape index (κ3) is 4.30. The van der Waals surface area contributed by atoms with Gasteiger partial charge in [0.2, 0.25) is 0 Å². The highest BCUT2D eigenvalue weighted by Gasteiger charge is 2.20. The molecule has 0 heterocycles. The van der Waals surface area contributed by atoms with E-state index >= 15 is 0 Å². The molecule has 8 aromatic carbocycles. The summed E-state index contributed by atoms with van der Waals surface area (Å²) in [5.41, 5.74) is 4.14. The van der Waals surface area contributed by atoms with Crippen LogP contribution in [0.3, 0.4) is 0 Å². The van der Waals surface area contributed by atoms with E-state index in [0.717, 1.165) is 16.3 Å². The smallest absolute Gasteiger partial charge is 0.0895 e. The molecule has 4 radical (unpaired) electrons.